The van der Waals surface area contributed by atoms with Crippen LogP contribution in [-0.2, 0) is 23.7 Å². The van der Waals surface area contributed by atoms with Gasteiger partial charge >= 0.3 is 5.92 Å². The molecule has 2 amide bonds. The summed E-state index contributed by atoms with van der Waals surface area (Å²) >= 11 is 6.65. The van der Waals surface area contributed by atoms with Crippen LogP contribution < -0.4 is 30.7 Å². The van der Waals surface area contributed by atoms with Crippen LogP contribution in [0.25, 0.3) is 21.8 Å². The number of piperidine rings is 3. The van der Waals surface area contributed by atoms with E-state index in [0.717, 1.165) is 56.9 Å². The molecule has 63 heavy (non-hydrogen) atoms. The number of ether oxygens (including phenoxy) is 1. The summed E-state index contributed by atoms with van der Waals surface area (Å²) in [4.78, 5) is 53.8. The lowest BCUT2D eigenvalue weighted by atomic mass is 9.84. The third kappa shape index (κ3) is 7.53. The highest BCUT2D eigenvalue weighted by molar-refractivity contribution is 6.33. The third-order valence-electron chi connectivity index (χ3n) is 13.9. The van der Waals surface area contributed by atoms with E-state index in [4.69, 9.17) is 21.3 Å². The van der Waals surface area contributed by atoms with E-state index >= 15 is 13.2 Å². The Bertz CT molecular complexity index is 2700. The topological polar surface area (TPSA) is 143 Å². The SMILES string of the molecule is C[C@H]1CN(c2ncc(Cl)c(Nc3ccc4c(c3)c3c(c(=O)n4C)OCC(F)(F)[C@H](C4CC4)N3)n2)CC[C@H]1CN1CCC(c2ccc3c(N4C(=O)CCCC4=O)nn(C)c3c2F)CC1. The standard InChI is InChI=1S/C45H50ClF3N10O4/c1-24-21-58(18-15-27(24)22-57-16-13-25(14-17-57)29-10-11-30-38(36(29)47)56(3)54-42(30)59-34(60)5-4-6-35(59)61)44-50-20-32(46)41(53-44)51-28-9-12-33-31(19-28)37-39(43(62)55(33)2)63-23-45(48,49)40(52-37)26-7-8-26/h9-12,19-20,24-27,40,52H,4-8,13-18,21-23H2,1-3H3,(H,50,51,53)/t24-,27-,40-/m0/s1. The van der Waals surface area contributed by atoms with Gasteiger partial charge in [0.05, 0.1) is 23.4 Å². The number of rotatable bonds is 8. The predicted octanol–water partition coefficient (Wildman–Crippen LogP) is 7.36. The second kappa shape index (κ2) is 16.0. The lowest BCUT2D eigenvalue weighted by Gasteiger charge is -2.41. The minimum absolute atomic E-state index is 0.0444. The van der Waals surface area contributed by atoms with Crippen LogP contribution in [-0.4, -0.2) is 92.3 Å². The van der Waals surface area contributed by atoms with Crippen LogP contribution in [0.1, 0.15) is 69.8 Å². The van der Waals surface area contributed by atoms with E-state index in [9.17, 15) is 14.4 Å². The van der Waals surface area contributed by atoms with Gasteiger partial charge in [-0.05, 0) is 105 Å². The Hall–Kier alpha value is -5.42. The van der Waals surface area contributed by atoms with Crippen molar-refractivity contribution >= 4 is 74.2 Å². The number of fused-ring (bicyclic) bond motifs is 4. The molecule has 5 aromatic rings. The van der Waals surface area contributed by atoms with Gasteiger partial charge in [0.2, 0.25) is 23.5 Å². The van der Waals surface area contributed by atoms with Gasteiger partial charge < -0.3 is 29.7 Å². The molecule has 0 unspecified atom stereocenters. The number of aryl methyl sites for hydroxylation is 2. The molecule has 1 aliphatic carbocycles. The summed E-state index contributed by atoms with van der Waals surface area (Å²) in [6, 6.07) is 7.83. The number of likely N-dealkylation sites (tertiary alicyclic amines) is 1. The molecule has 3 atom stereocenters. The van der Waals surface area contributed by atoms with Crippen LogP contribution in [0, 0.1) is 23.6 Å². The quantitative estimate of drug-likeness (QED) is 0.151. The Balaban J connectivity index is 0.787. The lowest BCUT2D eigenvalue weighted by molar-refractivity contribution is -0.129. The van der Waals surface area contributed by atoms with Crippen molar-refractivity contribution in [1.82, 2.24) is 29.2 Å². The summed E-state index contributed by atoms with van der Waals surface area (Å²) in [6.45, 7) is 5.54. The number of nitrogens with zero attached hydrogens (tertiary/aromatic N) is 8. The van der Waals surface area contributed by atoms with Gasteiger partial charge in [-0.3, -0.25) is 19.1 Å². The first-order valence-electron chi connectivity index (χ1n) is 22.0. The Kier molecular flexibility index (Phi) is 10.5. The molecule has 2 N–H and O–H groups in total. The zero-order chi connectivity index (χ0) is 43.9. The number of pyridine rings is 1. The van der Waals surface area contributed by atoms with Crippen molar-refractivity contribution in [3.63, 3.8) is 0 Å². The molecule has 2 aromatic carbocycles. The normalized spacial score (nSPS) is 23.4. The average molecular weight is 887 g/mol. The molecule has 332 valence electrons. The molecule has 0 bridgehead atoms. The average Bonchev–Trinajstić information content (AvgIpc) is 4.06. The molecular formula is C45H50ClF3N10O4. The van der Waals surface area contributed by atoms with Crippen molar-refractivity contribution in [1.29, 1.82) is 0 Å². The van der Waals surface area contributed by atoms with Gasteiger partial charge in [-0.1, -0.05) is 24.6 Å². The van der Waals surface area contributed by atoms with E-state index < -0.39 is 24.1 Å². The fraction of sp³-hybridized carbons (Fsp3) is 0.511. The van der Waals surface area contributed by atoms with Crippen LogP contribution in [0.4, 0.5) is 42.1 Å². The summed E-state index contributed by atoms with van der Waals surface area (Å²) in [5.41, 5.74) is 1.90. The summed E-state index contributed by atoms with van der Waals surface area (Å²) < 4.78 is 55.0. The predicted molar refractivity (Wildman–Crippen MR) is 235 cm³/mol. The van der Waals surface area contributed by atoms with Gasteiger partial charge in [0.25, 0.3) is 5.56 Å². The number of halogens is 4. The maximum atomic E-state index is 16.2. The molecule has 7 heterocycles. The molecular weight excluding hydrogens is 837 g/mol. The maximum Gasteiger partial charge on any atom is 0.301 e. The van der Waals surface area contributed by atoms with Crippen molar-refractivity contribution in [2.24, 2.45) is 31.8 Å². The van der Waals surface area contributed by atoms with E-state index in [0.29, 0.717) is 80.9 Å². The van der Waals surface area contributed by atoms with E-state index in [1.54, 1.807) is 44.6 Å². The number of imide groups is 1. The van der Waals surface area contributed by atoms with Crippen LogP contribution >= 0.6 is 11.6 Å². The monoisotopic (exact) mass is 886 g/mol. The molecule has 4 fully saturated rings. The number of benzene rings is 2. The largest absolute Gasteiger partial charge is 0.480 e. The number of alkyl halides is 2. The van der Waals surface area contributed by atoms with Crippen molar-refractivity contribution < 1.29 is 27.5 Å². The smallest absolute Gasteiger partial charge is 0.301 e. The fourth-order valence-electron chi connectivity index (χ4n) is 10.2. The molecule has 3 saturated heterocycles. The van der Waals surface area contributed by atoms with Gasteiger partial charge in [-0.25, -0.2) is 23.1 Å². The molecule has 0 spiro atoms. The first-order chi connectivity index (χ1) is 30.3. The van der Waals surface area contributed by atoms with Gasteiger partial charge in [0, 0.05) is 63.0 Å². The Morgan fingerprint density at radius 1 is 0.984 bits per heavy atom. The Labute approximate surface area is 366 Å². The lowest BCUT2D eigenvalue weighted by Crippen LogP contribution is -2.45. The number of nitrogens with one attached hydrogen (secondary N) is 2. The van der Waals surface area contributed by atoms with E-state index in [1.165, 1.54) is 9.25 Å². The minimum Gasteiger partial charge on any atom is -0.480 e. The summed E-state index contributed by atoms with van der Waals surface area (Å²) in [5, 5.41) is 12.1. The Morgan fingerprint density at radius 3 is 2.48 bits per heavy atom. The summed E-state index contributed by atoms with van der Waals surface area (Å²) in [6.07, 6.45) is 6.59. The highest BCUT2D eigenvalue weighted by atomic mass is 35.5. The maximum absolute atomic E-state index is 16.2. The molecule has 18 heteroatoms. The zero-order valence-electron chi connectivity index (χ0n) is 35.5. The van der Waals surface area contributed by atoms with E-state index in [1.807, 2.05) is 6.07 Å². The van der Waals surface area contributed by atoms with Crippen molar-refractivity contribution in [3.8, 4) is 5.75 Å². The third-order valence-corrected chi connectivity index (χ3v) is 14.2. The van der Waals surface area contributed by atoms with Gasteiger partial charge in [0.1, 0.15) is 10.5 Å². The number of carbonyl (C=O) groups excluding carboxylic acids is 2. The minimum atomic E-state index is -3.14. The number of anilines is 5. The number of hydrogen-bond acceptors (Lipinski definition) is 11. The zero-order valence-corrected chi connectivity index (χ0v) is 36.2. The van der Waals surface area contributed by atoms with Crippen molar-refractivity contribution in [2.45, 2.75) is 76.2 Å². The van der Waals surface area contributed by atoms with Crippen LogP contribution in [0.5, 0.6) is 5.75 Å². The van der Waals surface area contributed by atoms with Gasteiger partial charge in [-0.2, -0.15) is 10.1 Å². The summed E-state index contributed by atoms with van der Waals surface area (Å²) in [5.74, 6) is -2.41. The van der Waals surface area contributed by atoms with Crippen LogP contribution in [0.2, 0.25) is 5.02 Å². The van der Waals surface area contributed by atoms with Gasteiger partial charge in [-0.15, -0.1) is 0 Å². The molecule has 4 aliphatic heterocycles. The Morgan fingerprint density at radius 2 is 1.75 bits per heavy atom. The fourth-order valence-corrected chi connectivity index (χ4v) is 10.4. The molecule has 1 saturated carbocycles. The first kappa shape index (κ1) is 41.6. The highest BCUT2D eigenvalue weighted by Crippen LogP contribution is 2.46. The van der Waals surface area contributed by atoms with Crippen molar-refractivity contribution in [3.05, 3.63) is 63.3 Å². The van der Waals surface area contributed by atoms with Crippen molar-refractivity contribution in [2.75, 3.05) is 59.8 Å². The molecule has 10 rings (SSSR count). The molecule has 5 aliphatic rings. The number of aromatic nitrogens is 5. The number of carbonyl (C=O) groups is 2. The van der Waals surface area contributed by atoms with Crippen LogP contribution in [0.3, 0.4) is 0 Å². The van der Waals surface area contributed by atoms with E-state index in [2.05, 4.69) is 37.4 Å². The molecule has 14 nitrogen and oxygen atoms in total. The highest BCUT2D eigenvalue weighted by Gasteiger charge is 2.51. The first-order valence-corrected chi connectivity index (χ1v) is 22.3. The second-order valence-corrected chi connectivity index (χ2v) is 18.5. The number of hydrogen-bond donors (Lipinski definition) is 2. The summed E-state index contributed by atoms with van der Waals surface area (Å²) in [7, 11) is 3.25. The second-order valence-electron chi connectivity index (χ2n) is 18.1. The van der Waals surface area contributed by atoms with E-state index in [-0.39, 0.29) is 59.6 Å². The molecule has 0 radical (unpaired) electrons. The molecule has 3 aromatic heterocycles. The van der Waals surface area contributed by atoms with Crippen LogP contribution in [0.15, 0.2) is 41.3 Å². The number of amides is 2. The van der Waals surface area contributed by atoms with Gasteiger partial charge in [0.15, 0.2) is 24.1 Å².